The Morgan fingerprint density at radius 1 is 1.05 bits per heavy atom. The molecule has 0 saturated heterocycles. The quantitative estimate of drug-likeness (QED) is 0.538. The van der Waals surface area contributed by atoms with Gasteiger partial charge >= 0.3 is 5.97 Å². The Bertz CT molecular complexity index is 277. The maximum atomic E-state index is 11.6. The summed E-state index contributed by atoms with van der Waals surface area (Å²) in [6, 6.07) is 0. The van der Waals surface area contributed by atoms with E-state index in [1.807, 2.05) is 13.8 Å². The summed E-state index contributed by atoms with van der Waals surface area (Å²) in [4.78, 5) is 22.7. The minimum Gasteiger partial charge on any atom is -0.481 e. The lowest BCUT2D eigenvalue weighted by atomic mass is 9.97. The van der Waals surface area contributed by atoms with Crippen molar-refractivity contribution >= 4 is 11.9 Å². The van der Waals surface area contributed by atoms with Gasteiger partial charge in [0.2, 0.25) is 5.91 Å². The van der Waals surface area contributed by atoms with Gasteiger partial charge in [0.05, 0.1) is 5.92 Å². The van der Waals surface area contributed by atoms with Crippen LogP contribution in [0.1, 0.15) is 72.1 Å². The zero-order chi connectivity index (χ0) is 15.4. The zero-order valence-electron chi connectivity index (χ0n) is 13.3. The van der Waals surface area contributed by atoms with Crippen LogP contribution in [0, 0.1) is 11.8 Å². The SMILES string of the molecule is CCCCCCCCC(=O)NCC(CC(C)C)C(=O)O. The highest BCUT2D eigenvalue weighted by atomic mass is 16.4. The molecule has 0 aliphatic rings. The predicted octanol–water partition coefficient (Wildman–Crippen LogP) is 3.60. The molecule has 4 heteroatoms. The second kappa shape index (κ2) is 11.7. The van der Waals surface area contributed by atoms with Crippen LogP contribution >= 0.6 is 0 Å². The molecule has 0 fully saturated rings. The molecule has 0 aliphatic carbocycles. The molecule has 0 aromatic heterocycles. The van der Waals surface area contributed by atoms with Gasteiger partial charge in [0.15, 0.2) is 0 Å². The molecule has 0 saturated carbocycles. The lowest BCUT2D eigenvalue weighted by Crippen LogP contribution is -2.33. The van der Waals surface area contributed by atoms with Crippen molar-refractivity contribution in [2.45, 2.75) is 72.1 Å². The Hall–Kier alpha value is -1.06. The van der Waals surface area contributed by atoms with Gasteiger partial charge in [0.25, 0.3) is 0 Å². The standard InChI is InChI=1S/C16H31NO3/c1-4-5-6-7-8-9-10-15(18)17-12-14(16(19)20)11-13(2)3/h13-14H,4-12H2,1-3H3,(H,17,18)(H,19,20). The van der Waals surface area contributed by atoms with Crippen molar-refractivity contribution in [1.29, 1.82) is 0 Å². The average Bonchev–Trinajstić information content (AvgIpc) is 2.37. The van der Waals surface area contributed by atoms with Crippen LogP contribution < -0.4 is 5.32 Å². The summed E-state index contributed by atoms with van der Waals surface area (Å²) in [6.07, 6.45) is 8.03. The number of carbonyl (C=O) groups excluding carboxylic acids is 1. The smallest absolute Gasteiger partial charge is 0.308 e. The Morgan fingerprint density at radius 2 is 1.65 bits per heavy atom. The fraction of sp³-hybridized carbons (Fsp3) is 0.875. The first-order chi connectivity index (χ1) is 9.47. The number of hydrogen-bond donors (Lipinski definition) is 2. The summed E-state index contributed by atoms with van der Waals surface area (Å²) in [5.41, 5.74) is 0. The molecule has 0 aromatic rings. The van der Waals surface area contributed by atoms with Gasteiger partial charge in [-0.1, -0.05) is 52.9 Å². The highest BCUT2D eigenvalue weighted by Gasteiger charge is 2.19. The van der Waals surface area contributed by atoms with Crippen LogP contribution in [-0.2, 0) is 9.59 Å². The van der Waals surface area contributed by atoms with Crippen LogP contribution in [0.3, 0.4) is 0 Å². The number of unbranched alkanes of at least 4 members (excludes halogenated alkanes) is 5. The van der Waals surface area contributed by atoms with E-state index in [1.165, 1.54) is 25.7 Å². The molecule has 1 atom stereocenters. The highest BCUT2D eigenvalue weighted by molar-refractivity contribution is 5.77. The maximum Gasteiger partial charge on any atom is 0.308 e. The summed E-state index contributed by atoms with van der Waals surface area (Å²) in [5, 5.41) is 11.8. The third-order valence-corrected chi connectivity index (χ3v) is 3.41. The fourth-order valence-electron chi connectivity index (χ4n) is 2.23. The predicted molar refractivity (Wildman–Crippen MR) is 81.6 cm³/mol. The lowest BCUT2D eigenvalue weighted by molar-refractivity contribution is -0.142. The largest absolute Gasteiger partial charge is 0.481 e. The summed E-state index contributed by atoms with van der Waals surface area (Å²) in [5.74, 6) is -0.982. The molecule has 0 heterocycles. The molecular formula is C16H31NO3. The Labute approximate surface area is 123 Å². The van der Waals surface area contributed by atoms with Crippen molar-refractivity contribution in [2.24, 2.45) is 11.8 Å². The van der Waals surface area contributed by atoms with Crippen LogP contribution in [0.5, 0.6) is 0 Å². The van der Waals surface area contributed by atoms with Gasteiger partial charge in [0.1, 0.15) is 0 Å². The van der Waals surface area contributed by atoms with Crippen LogP contribution in [0.25, 0.3) is 0 Å². The summed E-state index contributed by atoms with van der Waals surface area (Å²) in [6.45, 7) is 6.42. The molecule has 2 N–H and O–H groups in total. The van der Waals surface area contributed by atoms with Crippen molar-refractivity contribution in [1.82, 2.24) is 5.32 Å². The molecule has 4 nitrogen and oxygen atoms in total. The van der Waals surface area contributed by atoms with E-state index in [0.717, 1.165) is 12.8 Å². The number of carboxylic acids is 1. The molecule has 1 unspecified atom stereocenters. The summed E-state index contributed by atoms with van der Waals surface area (Å²) in [7, 11) is 0. The van der Waals surface area contributed by atoms with Crippen LogP contribution in [0.4, 0.5) is 0 Å². The van der Waals surface area contributed by atoms with E-state index in [2.05, 4.69) is 12.2 Å². The zero-order valence-corrected chi connectivity index (χ0v) is 13.3. The highest BCUT2D eigenvalue weighted by Crippen LogP contribution is 2.11. The second-order valence-corrected chi connectivity index (χ2v) is 5.99. The second-order valence-electron chi connectivity index (χ2n) is 5.99. The van der Waals surface area contributed by atoms with E-state index in [4.69, 9.17) is 5.11 Å². The number of carbonyl (C=O) groups is 2. The number of carboxylic acid groups (broad SMARTS) is 1. The minimum absolute atomic E-state index is 0.0181. The van der Waals surface area contributed by atoms with Gasteiger partial charge in [-0.2, -0.15) is 0 Å². The Morgan fingerprint density at radius 3 is 2.20 bits per heavy atom. The normalized spacial score (nSPS) is 12.4. The maximum absolute atomic E-state index is 11.6. The molecule has 1 amide bonds. The van der Waals surface area contributed by atoms with E-state index in [0.29, 0.717) is 18.8 Å². The molecule has 0 rings (SSSR count). The molecule has 0 bridgehead atoms. The van der Waals surface area contributed by atoms with Gasteiger partial charge in [-0.3, -0.25) is 9.59 Å². The van der Waals surface area contributed by atoms with Gasteiger partial charge in [0, 0.05) is 13.0 Å². The average molecular weight is 285 g/mol. The molecule has 20 heavy (non-hydrogen) atoms. The Kier molecular flexibility index (Phi) is 11.1. The lowest BCUT2D eigenvalue weighted by Gasteiger charge is -2.15. The molecule has 0 aliphatic heterocycles. The van der Waals surface area contributed by atoms with Gasteiger partial charge in [-0.25, -0.2) is 0 Å². The number of nitrogens with one attached hydrogen (secondary N) is 1. The van der Waals surface area contributed by atoms with Gasteiger partial charge in [-0.15, -0.1) is 0 Å². The van der Waals surface area contributed by atoms with Crippen molar-refractivity contribution in [3.8, 4) is 0 Å². The number of hydrogen-bond acceptors (Lipinski definition) is 2. The number of rotatable bonds is 12. The van der Waals surface area contributed by atoms with E-state index >= 15 is 0 Å². The van der Waals surface area contributed by atoms with E-state index < -0.39 is 11.9 Å². The molecule has 0 spiro atoms. The van der Waals surface area contributed by atoms with Crippen molar-refractivity contribution < 1.29 is 14.7 Å². The number of amides is 1. The first-order valence-electron chi connectivity index (χ1n) is 7.96. The monoisotopic (exact) mass is 285 g/mol. The summed E-state index contributed by atoms with van der Waals surface area (Å²) >= 11 is 0. The topological polar surface area (TPSA) is 66.4 Å². The van der Waals surface area contributed by atoms with E-state index in [1.54, 1.807) is 0 Å². The van der Waals surface area contributed by atoms with Crippen molar-refractivity contribution in [3.63, 3.8) is 0 Å². The number of aliphatic carboxylic acids is 1. The van der Waals surface area contributed by atoms with Gasteiger partial charge < -0.3 is 10.4 Å². The van der Waals surface area contributed by atoms with Crippen LogP contribution in [0.15, 0.2) is 0 Å². The molecular weight excluding hydrogens is 254 g/mol. The fourth-order valence-corrected chi connectivity index (χ4v) is 2.23. The van der Waals surface area contributed by atoms with Crippen LogP contribution in [0.2, 0.25) is 0 Å². The first-order valence-corrected chi connectivity index (χ1v) is 7.96. The van der Waals surface area contributed by atoms with E-state index in [9.17, 15) is 9.59 Å². The van der Waals surface area contributed by atoms with E-state index in [-0.39, 0.29) is 12.5 Å². The summed E-state index contributed by atoms with van der Waals surface area (Å²) < 4.78 is 0. The third kappa shape index (κ3) is 10.8. The molecule has 0 radical (unpaired) electrons. The van der Waals surface area contributed by atoms with Crippen molar-refractivity contribution in [3.05, 3.63) is 0 Å². The van der Waals surface area contributed by atoms with Crippen molar-refractivity contribution in [2.75, 3.05) is 6.54 Å². The van der Waals surface area contributed by atoms with Crippen LogP contribution in [-0.4, -0.2) is 23.5 Å². The molecule has 118 valence electrons. The first kappa shape index (κ1) is 18.9. The Balaban J connectivity index is 3.71. The molecule has 0 aromatic carbocycles. The minimum atomic E-state index is -0.821. The third-order valence-electron chi connectivity index (χ3n) is 3.41. The van der Waals surface area contributed by atoms with Gasteiger partial charge in [-0.05, 0) is 18.8 Å².